The molecule has 6 heteroatoms. The van der Waals surface area contributed by atoms with E-state index < -0.39 is 5.91 Å². The molecule has 0 saturated carbocycles. The van der Waals surface area contributed by atoms with Crippen LogP contribution in [0.4, 0.5) is 5.69 Å². The summed E-state index contributed by atoms with van der Waals surface area (Å²) in [7, 11) is 0. The van der Waals surface area contributed by atoms with E-state index in [4.69, 9.17) is 11.6 Å². The van der Waals surface area contributed by atoms with Crippen LogP contribution in [0.1, 0.15) is 17.3 Å². The molecule has 0 heterocycles. The van der Waals surface area contributed by atoms with Crippen molar-refractivity contribution in [2.45, 2.75) is 6.92 Å². The lowest BCUT2D eigenvalue weighted by Gasteiger charge is -2.08. The Balaban J connectivity index is 2.94. The van der Waals surface area contributed by atoms with E-state index in [9.17, 15) is 14.7 Å². The lowest BCUT2D eigenvalue weighted by atomic mass is 10.1. The van der Waals surface area contributed by atoms with Crippen molar-refractivity contribution < 1.29 is 14.7 Å². The fraction of sp³-hybridized carbons (Fsp3) is 0.273. The first kappa shape index (κ1) is 13.3. The average molecular weight is 257 g/mol. The molecule has 0 aliphatic rings. The minimum atomic E-state index is -0.396. The summed E-state index contributed by atoms with van der Waals surface area (Å²) >= 11 is 5.34. The number of carbonyl (C=O) groups is 2. The van der Waals surface area contributed by atoms with Crippen molar-refractivity contribution in [3.8, 4) is 5.75 Å². The minimum absolute atomic E-state index is 0.110. The molecule has 0 aliphatic carbocycles. The maximum atomic E-state index is 11.6. The molecule has 3 N–H and O–H groups in total. The Morgan fingerprint density at radius 1 is 1.41 bits per heavy atom. The Morgan fingerprint density at radius 2 is 2.12 bits per heavy atom. The van der Waals surface area contributed by atoms with Gasteiger partial charge < -0.3 is 15.7 Å². The summed E-state index contributed by atoms with van der Waals surface area (Å²) < 4.78 is 0. The third kappa shape index (κ3) is 3.64. The van der Waals surface area contributed by atoms with E-state index in [1.54, 1.807) is 6.92 Å². The van der Waals surface area contributed by atoms with Crippen LogP contribution in [0, 0.1) is 0 Å². The van der Waals surface area contributed by atoms with Gasteiger partial charge in [0.25, 0.3) is 5.91 Å². The highest BCUT2D eigenvalue weighted by molar-refractivity contribution is 6.29. The SMILES string of the molecule is CCNC(=O)c1cc(NC(=O)CCl)ccc1O. The van der Waals surface area contributed by atoms with Crippen LogP contribution in [0.3, 0.4) is 0 Å². The van der Waals surface area contributed by atoms with Gasteiger partial charge in [0, 0.05) is 12.2 Å². The molecule has 0 fully saturated rings. The van der Waals surface area contributed by atoms with E-state index in [0.29, 0.717) is 12.2 Å². The molecule has 17 heavy (non-hydrogen) atoms. The zero-order valence-electron chi connectivity index (χ0n) is 9.29. The lowest BCUT2D eigenvalue weighted by molar-refractivity contribution is -0.113. The molecule has 0 spiro atoms. The Morgan fingerprint density at radius 3 is 2.71 bits per heavy atom. The number of anilines is 1. The predicted molar refractivity (Wildman–Crippen MR) is 65.5 cm³/mol. The quantitative estimate of drug-likeness (QED) is 0.562. The molecule has 5 nitrogen and oxygen atoms in total. The van der Waals surface area contributed by atoms with Crippen LogP contribution in [0.2, 0.25) is 0 Å². The molecule has 0 aliphatic heterocycles. The van der Waals surface area contributed by atoms with E-state index in [1.807, 2.05) is 0 Å². The summed E-state index contributed by atoms with van der Waals surface area (Å²) in [6.45, 7) is 2.23. The predicted octanol–water partition coefficient (Wildman–Crippen LogP) is 1.32. The second kappa shape index (κ2) is 6.10. The minimum Gasteiger partial charge on any atom is -0.507 e. The van der Waals surface area contributed by atoms with Crippen molar-refractivity contribution in [3.05, 3.63) is 23.8 Å². The topological polar surface area (TPSA) is 78.4 Å². The van der Waals surface area contributed by atoms with Crippen molar-refractivity contribution in [1.29, 1.82) is 0 Å². The van der Waals surface area contributed by atoms with Gasteiger partial charge in [-0.1, -0.05) is 0 Å². The summed E-state index contributed by atoms with van der Waals surface area (Å²) in [6.07, 6.45) is 0. The molecule has 0 aromatic heterocycles. The van der Waals surface area contributed by atoms with Crippen molar-refractivity contribution in [3.63, 3.8) is 0 Å². The van der Waals surface area contributed by atoms with Crippen LogP contribution < -0.4 is 10.6 Å². The largest absolute Gasteiger partial charge is 0.507 e. The number of halogens is 1. The molecule has 1 aromatic carbocycles. The van der Waals surface area contributed by atoms with Crippen molar-refractivity contribution in [2.75, 3.05) is 17.7 Å². The first-order valence-electron chi connectivity index (χ1n) is 5.05. The van der Waals surface area contributed by atoms with Crippen LogP contribution >= 0.6 is 11.6 Å². The fourth-order valence-corrected chi connectivity index (χ4v) is 1.31. The van der Waals surface area contributed by atoms with Gasteiger partial charge >= 0.3 is 0 Å². The maximum Gasteiger partial charge on any atom is 0.255 e. The highest BCUT2D eigenvalue weighted by atomic mass is 35.5. The molecular formula is C11H13ClN2O3. The molecule has 1 rings (SSSR count). The van der Waals surface area contributed by atoms with Crippen molar-refractivity contribution in [2.24, 2.45) is 0 Å². The summed E-state index contributed by atoms with van der Waals surface area (Å²) in [5, 5.41) is 14.6. The van der Waals surface area contributed by atoms with Gasteiger partial charge in [0.05, 0.1) is 5.56 Å². The van der Waals surface area contributed by atoms with Crippen LogP contribution in [0.25, 0.3) is 0 Å². The Kier molecular flexibility index (Phi) is 4.78. The molecule has 92 valence electrons. The smallest absolute Gasteiger partial charge is 0.255 e. The van der Waals surface area contributed by atoms with E-state index in [-0.39, 0.29) is 23.1 Å². The third-order valence-electron chi connectivity index (χ3n) is 1.98. The highest BCUT2D eigenvalue weighted by Crippen LogP contribution is 2.21. The monoisotopic (exact) mass is 256 g/mol. The Bertz CT molecular complexity index is 435. The van der Waals surface area contributed by atoms with E-state index >= 15 is 0 Å². The van der Waals surface area contributed by atoms with Crippen molar-refractivity contribution >= 4 is 29.1 Å². The second-order valence-electron chi connectivity index (χ2n) is 3.27. The molecule has 0 atom stereocenters. The number of hydrogen-bond donors (Lipinski definition) is 3. The molecular weight excluding hydrogens is 244 g/mol. The standard InChI is InChI=1S/C11H13ClN2O3/c1-2-13-11(17)8-5-7(3-4-9(8)15)14-10(16)6-12/h3-5,15H,2,6H2,1H3,(H,13,17)(H,14,16). The van der Waals surface area contributed by atoms with Gasteiger partial charge in [-0.3, -0.25) is 9.59 Å². The van der Waals surface area contributed by atoms with Crippen LogP contribution in [-0.2, 0) is 4.79 Å². The van der Waals surface area contributed by atoms with Crippen LogP contribution in [0.5, 0.6) is 5.75 Å². The number of alkyl halides is 1. The molecule has 1 aromatic rings. The van der Waals surface area contributed by atoms with Gasteiger partial charge in [0.2, 0.25) is 5.91 Å². The van der Waals surface area contributed by atoms with E-state index in [0.717, 1.165) is 0 Å². The first-order valence-corrected chi connectivity index (χ1v) is 5.59. The normalized spacial score (nSPS) is 9.76. The van der Waals surface area contributed by atoms with Gasteiger partial charge in [0.15, 0.2) is 0 Å². The molecule has 0 bridgehead atoms. The van der Waals surface area contributed by atoms with Gasteiger partial charge in [-0.25, -0.2) is 0 Å². The zero-order chi connectivity index (χ0) is 12.8. The highest BCUT2D eigenvalue weighted by Gasteiger charge is 2.11. The van der Waals surface area contributed by atoms with Gasteiger partial charge in [-0.05, 0) is 25.1 Å². The van der Waals surface area contributed by atoms with Crippen LogP contribution in [0.15, 0.2) is 18.2 Å². The maximum absolute atomic E-state index is 11.6. The third-order valence-corrected chi connectivity index (χ3v) is 2.23. The van der Waals surface area contributed by atoms with Gasteiger partial charge in [-0.2, -0.15) is 0 Å². The second-order valence-corrected chi connectivity index (χ2v) is 3.54. The first-order chi connectivity index (χ1) is 8.08. The number of phenolic OH excluding ortho intramolecular Hbond substituents is 1. The van der Waals surface area contributed by atoms with Gasteiger partial charge in [-0.15, -0.1) is 11.6 Å². The molecule has 0 saturated heterocycles. The number of phenols is 1. The van der Waals surface area contributed by atoms with E-state index in [2.05, 4.69) is 10.6 Å². The number of rotatable bonds is 4. The van der Waals surface area contributed by atoms with Gasteiger partial charge in [0.1, 0.15) is 11.6 Å². The summed E-state index contributed by atoms with van der Waals surface area (Å²) in [4.78, 5) is 22.6. The molecule has 2 amide bonds. The number of carbonyl (C=O) groups excluding carboxylic acids is 2. The number of amides is 2. The summed E-state index contributed by atoms with van der Waals surface area (Å²) in [5.41, 5.74) is 0.522. The Hall–Kier alpha value is -1.75. The fourth-order valence-electron chi connectivity index (χ4n) is 1.25. The van der Waals surface area contributed by atoms with Crippen molar-refractivity contribution in [1.82, 2.24) is 5.32 Å². The number of hydrogen-bond acceptors (Lipinski definition) is 3. The Labute approximate surface area is 104 Å². The lowest BCUT2D eigenvalue weighted by Crippen LogP contribution is -2.23. The molecule has 0 unspecified atom stereocenters. The number of benzene rings is 1. The summed E-state index contributed by atoms with van der Waals surface area (Å²) in [6, 6.07) is 4.22. The number of nitrogens with one attached hydrogen (secondary N) is 2. The van der Waals surface area contributed by atoms with E-state index in [1.165, 1.54) is 18.2 Å². The van der Waals surface area contributed by atoms with Crippen LogP contribution in [-0.4, -0.2) is 29.3 Å². The molecule has 0 radical (unpaired) electrons. The average Bonchev–Trinajstić information content (AvgIpc) is 2.31. The summed E-state index contributed by atoms with van der Waals surface area (Å²) in [5.74, 6) is -1.08. The zero-order valence-corrected chi connectivity index (χ0v) is 10.0. The number of aromatic hydroxyl groups is 1.